The number of nitrogens with one attached hydrogen (secondary N) is 2. The molecule has 180 valence electrons. The van der Waals surface area contributed by atoms with Gasteiger partial charge in [0.25, 0.3) is 11.8 Å². The third-order valence-corrected chi connectivity index (χ3v) is 5.31. The summed E-state index contributed by atoms with van der Waals surface area (Å²) in [4.78, 5) is 41.0. The third-order valence-electron chi connectivity index (χ3n) is 5.31. The van der Waals surface area contributed by atoms with Crippen molar-refractivity contribution in [3.8, 4) is 11.8 Å². The zero-order chi connectivity index (χ0) is 24.7. The molecule has 9 nitrogen and oxygen atoms in total. The van der Waals surface area contributed by atoms with Gasteiger partial charge < -0.3 is 20.3 Å². The maximum Gasteiger partial charge on any atom is 0.268 e. The Balaban J connectivity index is 1.61. The number of nitriles is 1. The van der Waals surface area contributed by atoms with Gasteiger partial charge in [0.05, 0.1) is 36.8 Å². The Labute approximate surface area is 195 Å². The van der Waals surface area contributed by atoms with Gasteiger partial charge in [-0.1, -0.05) is 0 Å². The van der Waals surface area contributed by atoms with Crippen LogP contribution in [0.25, 0.3) is 10.9 Å². The minimum atomic E-state index is -3.12. The van der Waals surface area contributed by atoms with Crippen molar-refractivity contribution in [2.45, 2.75) is 38.2 Å². The molecule has 0 radical (unpaired) electrons. The zero-order valence-electron chi connectivity index (χ0n) is 18.6. The summed E-state index contributed by atoms with van der Waals surface area (Å²) in [7, 11) is 0. The molecule has 0 spiro atoms. The number of hydrogen-bond donors (Lipinski definition) is 2. The predicted molar refractivity (Wildman–Crippen MR) is 118 cm³/mol. The Kier molecular flexibility index (Phi) is 7.94. The van der Waals surface area contributed by atoms with Crippen LogP contribution in [-0.2, 0) is 9.59 Å². The molecule has 0 saturated carbocycles. The van der Waals surface area contributed by atoms with Crippen LogP contribution in [0.3, 0.4) is 0 Å². The van der Waals surface area contributed by atoms with Crippen LogP contribution in [0, 0.1) is 11.3 Å². The number of aromatic nitrogens is 1. The first-order valence-corrected chi connectivity index (χ1v) is 10.8. The molecule has 0 aliphatic carbocycles. The van der Waals surface area contributed by atoms with Crippen molar-refractivity contribution < 1.29 is 27.9 Å². The summed E-state index contributed by atoms with van der Waals surface area (Å²) in [6.45, 7) is 1.08. The molecule has 11 heteroatoms. The Morgan fingerprint density at radius 1 is 1.26 bits per heavy atom. The van der Waals surface area contributed by atoms with Crippen LogP contribution >= 0.6 is 0 Å². The first-order chi connectivity index (χ1) is 16.2. The van der Waals surface area contributed by atoms with Crippen molar-refractivity contribution in [2.75, 3.05) is 26.2 Å². The lowest BCUT2D eigenvalue weighted by Gasteiger charge is -2.19. The zero-order valence-corrected chi connectivity index (χ0v) is 18.6. The topological polar surface area (TPSA) is 124 Å². The Bertz CT molecular complexity index is 1120. The molecule has 1 saturated heterocycles. The fourth-order valence-electron chi connectivity index (χ4n) is 3.64. The highest BCUT2D eigenvalue weighted by atomic mass is 19.3. The van der Waals surface area contributed by atoms with Gasteiger partial charge >= 0.3 is 0 Å². The Hall–Kier alpha value is -3.81. The number of carbonyl (C=O) groups excluding carboxylic acids is 3. The van der Waals surface area contributed by atoms with Gasteiger partial charge in [-0.25, -0.2) is 8.78 Å². The number of benzene rings is 1. The lowest BCUT2D eigenvalue weighted by atomic mass is 10.1. The third kappa shape index (κ3) is 6.37. The quantitative estimate of drug-likeness (QED) is 0.537. The molecule has 2 N–H and O–H groups in total. The highest BCUT2D eigenvalue weighted by molar-refractivity contribution is 6.07. The Morgan fingerprint density at radius 3 is 2.79 bits per heavy atom. The molecule has 1 aromatic heterocycles. The molecule has 3 amide bonds. The first kappa shape index (κ1) is 24.8. The van der Waals surface area contributed by atoms with Gasteiger partial charge in [0, 0.05) is 31.5 Å². The van der Waals surface area contributed by atoms with Gasteiger partial charge in [-0.3, -0.25) is 19.4 Å². The van der Waals surface area contributed by atoms with E-state index in [1.807, 2.05) is 0 Å². The normalized spacial score (nSPS) is 16.6. The lowest BCUT2D eigenvalue weighted by molar-refractivity contribution is -0.131. The lowest BCUT2D eigenvalue weighted by Crippen LogP contribution is -2.43. The highest BCUT2D eigenvalue weighted by Crippen LogP contribution is 2.31. The summed E-state index contributed by atoms with van der Waals surface area (Å²) in [5.74, 6) is -4.01. The van der Waals surface area contributed by atoms with Gasteiger partial charge in [0.2, 0.25) is 11.8 Å². The molecule has 0 bridgehead atoms. The van der Waals surface area contributed by atoms with Gasteiger partial charge in [-0.15, -0.1) is 0 Å². The maximum atomic E-state index is 13.6. The van der Waals surface area contributed by atoms with Crippen LogP contribution in [0.15, 0.2) is 30.5 Å². The monoisotopic (exact) mass is 473 g/mol. The summed E-state index contributed by atoms with van der Waals surface area (Å²) in [5.41, 5.74) is 0.790. The summed E-state index contributed by atoms with van der Waals surface area (Å²) in [5, 5.41) is 14.7. The van der Waals surface area contributed by atoms with Crippen LogP contribution < -0.4 is 15.4 Å². The van der Waals surface area contributed by atoms with Crippen molar-refractivity contribution in [3.63, 3.8) is 0 Å². The van der Waals surface area contributed by atoms with E-state index in [1.54, 1.807) is 24.3 Å². The highest BCUT2D eigenvalue weighted by Gasteiger charge is 2.47. The standard InChI is InChI=1S/C23H25F2N5O4/c1-15(31)27-7-2-3-9-34-17-4-5-20-19(10-17)18(6-8-28-20)22(33)29-13-21(32)30-14-23(24,25)11-16(30)12-26/h4-6,8,10,16H,2-3,7,9,11,13-14H2,1H3,(H,27,31)(H,29,33)/t16-/m1/s1. The maximum absolute atomic E-state index is 13.6. The van der Waals surface area contributed by atoms with E-state index >= 15 is 0 Å². The van der Waals surface area contributed by atoms with E-state index in [0.717, 1.165) is 17.7 Å². The van der Waals surface area contributed by atoms with Crippen molar-refractivity contribution >= 4 is 28.6 Å². The average Bonchev–Trinajstić information content (AvgIpc) is 3.13. The molecule has 2 heterocycles. The molecule has 0 unspecified atom stereocenters. The number of unbranched alkanes of at least 4 members (excludes halogenated alkanes) is 1. The number of carbonyl (C=O) groups is 3. The van der Waals surface area contributed by atoms with Crippen molar-refractivity contribution in [3.05, 3.63) is 36.0 Å². The molecule has 1 aliphatic heterocycles. The SMILES string of the molecule is CC(=O)NCCCCOc1ccc2nccc(C(=O)NCC(=O)N3CC(F)(F)C[C@@H]3C#N)c2c1. The van der Waals surface area contributed by atoms with Crippen molar-refractivity contribution in [1.82, 2.24) is 20.5 Å². The number of halogens is 2. The number of fused-ring (bicyclic) bond motifs is 1. The second kappa shape index (κ2) is 10.9. The molecule has 1 aromatic carbocycles. The number of nitrogens with zero attached hydrogens (tertiary/aromatic N) is 3. The van der Waals surface area contributed by atoms with Crippen molar-refractivity contribution in [2.24, 2.45) is 0 Å². The summed E-state index contributed by atoms with van der Waals surface area (Å²) in [6, 6.07) is 7.06. The van der Waals surface area contributed by atoms with Crippen molar-refractivity contribution in [1.29, 1.82) is 5.26 Å². The predicted octanol–water partition coefficient (Wildman–Crippen LogP) is 2.02. The van der Waals surface area contributed by atoms with Gasteiger partial charge in [-0.2, -0.15) is 5.26 Å². The molecular formula is C23H25F2N5O4. The molecule has 3 rings (SSSR count). The number of alkyl halides is 2. The summed E-state index contributed by atoms with van der Waals surface area (Å²) in [6.07, 6.45) is 2.22. The van der Waals surface area contributed by atoms with Crippen LogP contribution in [-0.4, -0.2) is 65.8 Å². The van der Waals surface area contributed by atoms with Crippen LogP contribution in [0.5, 0.6) is 5.75 Å². The summed E-state index contributed by atoms with van der Waals surface area (Å²) >= 11 is 0. The molecule has 1 aliphatic rings. The van der Waals surface area contributed by atoms with E-state index in [4.69, 9.17) is 10.00 Å². The Morgan fingerprint density at radius 2 is 2.06 bits per heavy atom. The molecular weight excluding hydrogens is 448 g/mol. The fraction of sp³-hybridized carbons (Fsp3) is 0.435. The van der Waals surface area contributed by atoms with E-state index in [9.17, 15) is 23.2 Å². The van der Waals surface area contributed by atoms with E-state index in [2.05, 4.69) is 15.6 Å². The molecule has 1 fully saturated rings. The van der Waals surface area contributed by atoms with E-state index < -0.39 is 43.3 Å². The van der Waals surface area contributed by atoms with Gasteiger partial charge in [0.1, 0.15) is 11.8 Å². The number of likely N-dealkylation sites (tertiary alicyclic amines) is 1. The molecule has 34 heavy (non-hydrogen) atoms. The number of hydrogen-bond acceptors (Lipinski definition) is 6. The van der Waals surface area contributed by atoms with E-state index in [0.29, 0.717) is 29.8 Å². The van der Waals surface area contributed by atoms with Crippen LogP contribution in [0.2, 0.25) is 0 Å². The van der Waals surface area contributed by atoms with Gasteiger partial charge in [-0.05, 0) is 37.1 Å². The van der Waals surface area contributed by atoms with Gasteiger partial charge in [0.15, 0.2) is 0 Å². The smallest absolute Gasteiger partial charge is 0.268 e. The minimum Gasteiger partial charge on any atom is -0.494 e. The minimum absolute atomic E-state index is 0.0845. The number of amides is 3. The second-order valence-corrected chi connectivity index (χ2v) is 7.99. The van der Waals surface area contributed by atoms with E-state index in [-0.39, 0.29) is 11.5 Å². The number of pyridine rings is 1. The number of rotatable bonds is 9. The van der Waals surface area contributed by atoms with Crippen LogP contribution in [0.4, 0.5) is 8.78 Å². The summed E-state index contributed by atoms with van der Waals surface area (Å²) < 4.78 is 32.9. The number of ether oxygens (including phenoxy) is 1. The fourth-order valence-corrected chi connectivity index (χ4v) is 3.64. The van der Waals surface area contributed by atoms with Crippen LogP contribution in [0.1, 0.15) is 36.5 Å². The molecule has 1 atom stereocenters. The first-order valence-electron chi connectivity index (χ1n) is 10.8. The second-order valence-electron chi connectivity index (χ2n) is 7.99. The average molecular weight is 473 g/mol. The van der Waals surface area contributed by atoms with E-state index in [1.165, 1.54) is 19.2 Å². The molecule has 2 aromatic rings. The largest absolute Gasteiger partial charge is 0.494 e.